The maximum atomic E-state index is 5.49. The Bertz CT molecular complexity index is 2780. The second-order valence-corrected chi connectivity index (χ2v) is 14.8. The van der Waals surface area contributed by atoms with Crippen molar-refractivity contribution in [3.8, 4) is 33.8 Å². The smallest absolute Gasteiger partial charge is 0.162 e. The Labute approximate surface area is 301 Å². The van der Waals surface area contributed by atoms with Crippen molar-refractivity contribution < 1.29 is 0 Å². The van der Waals surface area contributed by atoms with Crippen LogP contribution in [0.3, 0.4) is 0 Å². The van der Waals surface area contributed by atoms with Crippen LogP contribution in [-0.4, -0.2) is 9.97 Å². The molecular weight excluding hydrogens is 639 g/mol. The summed E-state index contributed by atoms with van der Waals surface area (Å²) >= 11 is 1.88. The minimum atomic E-state index is -0.269. The summed E-state index contributed by atoms with van der Waals surface area (Å²) < 4.78 is 2.56. The first-order chi connectivity index (χ1) is 25.1. The van der Waals surface area contributed by atoms with E-state index in [-0.39, 0.29) is 5.41 Å². The van der Waals surface area contributed by atoms with Crippen LogP contribution in [0.2, 0.25) is 0 Å². The summed E-state index contributed by atoms with van der Waals surface area (Å²) in [7, 11) is 0. The Morgan fingerprint density at radius 2 is 1.16 bits per heavy atom. The molecule has 0 bridgehead atoms. The van der Waals surface area contributed by atoms with E-state index >= 15 is 0 Å². The van der Waals surface area contributed by atoms with E-state index in [1.807, 2.05) is 11.3 Å². The van der Waals surface area contributed by atoms with Gasteiger partial charge in [0.2, 0.25) is 0 Å². The Kier molecular flexibility index (Phi) is 6.70. The highest BCUT2D eigenvalue weighted by Gasteiger charge is 2.41. The van der Waals surface area contributed by atoms with Gasteiger partial charge in [0, 0.05) is 38.1 Å². The SMILES string of the molecule is CC1(C)c2ccccc2N(c2cc(-c3ccccc3)nc(-c3cccc(-c4ccccc4)c3)n2)c2c1c1ccccc1c1c2sc2ccccc21. The molecular formula is C47H33N3S. The van der Waals surface area contributed by atoms with E-state index < -0.39 is 0 Å². The lowest BCUT2D eigenvalue weighted by Gasteiger charge is -2.42. The van der Waals surface area contributed by atoms with Gasteiger partial charge in [0.05, 0.1) is 21.8 Å². The first-order valence-corrected chi connectivity index (χ1v) is 18.2. The lowest BCUT2D eigenvalue weighted by molar-refractivity contribution is 0.638. The molecule has 7 aromatic carbocycles. The summed E-state index contributed by atoms with van der Waals surface area (Å²) in [5.41, 5.74) is 9.90. The van der Waals surface area contributed by atoms with Crippen LogP contribution in [0, 0.1) is 0 Å². The Morgan fingerprint density at radius 1 is 0.529 bits per heavy atom. The third-order valence-electron chi connectivity index (χ3n) is 10.4. The van der Waals surface area contributed by atoms with E-state index in [2.05, 4.69) is 183 Å². The van der Waals surface area contributed by atoms with Crippen molar-refractivity contribution in [2.75, 3.05) is 4.90 Å². The molecule has 0 saturated heterocycles. The van der Waals surface area contributed by atoms with Gasteiger partial charge in [0.25, 0.3) is 0 Å². The lowest BCUT2D eigenvalue weighted by atomic mass is 9.71. The van der Waals surface area contributed by atoms with Gasteiger partial charge >= 0.3 is 0 Å². The Morgan fingerprint density at radius 3 is 1.96 bits per heavy atom. The minimum absolute atomic E-state index is 0.269. The second kappa shape index (κ2) is 11.5. The largest absolute Gasteiger partial charge is 0.293 e. The number of benzene rings is 7. The predicted octanol–water partition coefficient (Wildman–Crippen LogP) is 13.1. The second-order valence-electron chi connectivity index (χ2n) is 13.8. The number of rotatable bonds is 4. The van der Waals surface area contributed by atoms with E-state index in [4.69, 9.17) is 9.97 Å². The van der Waals surface area contributed by atoms with Crippen LogP contribution < -0.4 is 4.90 Å². The monoisotopic (exact) mass is 671 g/mol. The molecule has 4 heteroatoms. The maximum absolute atomic E-state index is 5.49. The van der Waals surface area contributed by atoms with Crippen molar-refractivity contribution in [1.29, 1.82) is 0 Å². The molecule has 242 valence electrons. The first kappa shape index (κ1) is 29.8. The van der Waals surface area contributed by atoms with Crippen molar-refractivity contribution in [2.24, 2.45) is 0 Å². The number of hydrogen-bond acceptors (Lipinski definition) is 4. The van der Waals surface area contributed by atoms with Crippen molar-refractivity contribution in [3.63, 3.8) is 0 Å². The van der Waals surface area contributed by atoms with E-state index in [0.29, 0.717) is 5.82 Å². The Hall–Kier alpha value is -6.10. The molecule has 0 N–H and O–H groups in total. The molecule has 0 radical (unpaired) electrons. The van der Waals surface area contributed by atoms with Gasteiger partial charge in [-0.15, -0.1) is 11.3 Å². The zero-order valence-corrected chi connectivity index (χ0v) is 29.2. The van der Waals surface area contributed by atoms with E-state index in [9.17, 15) is 0 Å². The van der Waals surface area contributed by atoms with Crippen LogP contribution in [0.5, 0.6) is 0 Å². The molecule has 2 aromatic heterocycles. The standard InChI is InChI=1S/C47H33N3S/c1-47(2)37-25-12-13-26-39(37)50(44-43(47)35-23-10-9-22-34(35)42-36-24-11-14-27-40(36)51-45(42)44)41-29-38(31-18-7-4-8-19-31)48-46(49-41)33-21-15-20-32(28-33)30-16-5-3-6-17-30/h3-29H,1-2H3. The van der Waals surface area contributed by atoms with Gasteiger partial charge in [-0.1, -0.05) is 153 Å². The lowest BCUT2D eigenvalue weighted by Crippen LogP contribution is -2.31. The zero-order valence-electron chi connectivity index (χ0n) is 28.3. The highest BCUT2D eigenvalue weighted by molar-refractivity contribution is 7.26. The number of anilines is 3. The van der Waals surface area contributed by atoms with Crippen LogP contribution >= 0.6 is 11.3 Å². The van der Waals surface area contributed by atoms with Gasteiger partial charge in [-0.05, 0) is 51.2 Å². The zero-order chi connectivity index (χ0) is 34.1. The highest BCUT2D eigenvalue weighted by atomic mass is 32.1. The van der Waals surface area contributed by atoms with E-state index in [1.165, 1.54) is 53.3 Å². The first-order valence-electron chi connectivity index (χ1n) is 17.4. The fourth-order valence-corrected chi connectivity index (χ4v) is 9.34. The van der Waals surface area contributed by atoms with Gasteiger partial charge in [-0.3, -0.25) is 4.90 Å². The van der Waals surface area contributed by atoms with Crippen molar-refractivity contribution in [2.45, 2.75) is 19.3 Å². The summed E-state index contributed by atoms with van der Waals surface area (Å²) in [6.07, 6.45) is 0. The third kappa shape index (κ3) is 4.64. The van der Waals surface area contributed by atoms with E-state index in [0.717, 1.165) is 33.9 Å². The molecule has 0 fully saturated rings. The topological polar surface area (TPSA) is 29.0 Å². The number of hydrogen-bond donors (Lipinski definition) is 0. The number of fused-ring (bicyclic) bond motifs is 9. The highest BCUT2D eigenvalue weighted by Crippen LogP contribution is 2.58. The Balaban J connectivity index is 1.32. The van der Waals surface area contributed by atoms with Crippen molar-refractivity contribution in [1.82, 2.24) is 9.97 Å². The molecule has 3 nitrogen and oxygen atoms in total. The van der Waals surface area contributed by atoms with E-state index in [1.54, 1.807) is 0 Å². The summed E-state index contributed by atoms with van der Waals surface area (Å²) in [4.78, 5) is 13.2. The van der Waals surface area contributed by atoms with Gasteiger partial charge in [-0.2, -0.15) is 0 Å². The van der Waals surface area contributed by atoms with Gasteiger partial charge < -0.3 is 0 Å². The fourth-order valence-electron chi connectivity index (χ4n) is 8.08. The predicted molar refractivity (Wildman–Crippen MR) is 216 cm³/mol. The number of para-hydroxylation sites is 1. The number of aromatic nitrogens is 2. The normalized spacial score (nSPS) is 13.4. The molecule has 9 aromatic rings. The number of nitrogens with zero attached hydrogens (tertiary/aromatic N) is 3. The van der Waals surface area contributed by atoms with Crippen LogP contribution in [0.4, 0.5) is 17.2 Å². The molecule has 0 amide bonds. The number of thiophene rings is 1. The molecule has 1 aliphatic heterocycles. The van der Waals surface area contributed by atoms with Crippen LogP contribution in [-0.2, 0) is 5.41 Å². The van der Waals surface area contributed by atoms with Crippen LogP contribution in [0.15, 0.2) is 164 Å². The van der Waals surface area contributed by atoms with Gasteiger partial charge in [0.15, 0.2) is 5.82 Å². The average molecular weight is 672 g/mol. The summed E-state index contributed by atoms with van der Waals surface area (Å²) in [5, 5.41) is 5.17. The van der Waals surface area contributed by atoms with Gasteiger partial charge in [0.1, 0.15) is 5.82 Å². The molecule has 0 aliphatic carbocycles. The minimum Gasteiger partial charge on any atom is -0.293 e. The fraction of sp³-hybridized carbons (Fsp3) is 0.0638. The third-order valence-corrected chi connectivity index (χ3v) is 11.6. The van der Waals surface area contributed by atoms with Gasteiger partial charge in [-0.25, -0.2) is 9.97 Å². The van der Waals surface area contributed by atoms with Crippen molar-refractivity contribution >= 4 is 59.5 Å². The molecule has 0 atom stereocenters. The quantitative estimate of drug-likeness (QED) is 0.186. The van der Waals surface area contributed by atoms with Crippen LogP contribution in [0.25, 0.3) is 64.7 Å². The molecule has 1 aliphatic rings. The average Bonchev–Trinajstić information content (AvgIpc) is 3.59. The van der Waals surface area contributed by atoms with Crippen molar-refractivity contribution in [3.05, 3.63) is 175 Å². The molecule has 0 unspecified atom stereocenters. The summed E-state index contributed by atoms with van der Waals surface area (Å²) in [5.74, 6) is 1.54. The summed E-state index contributed by atoms with van der Waals surface area (Å²) in [6, 6.07) is 58.4. The molecule has 10 rings (SSSR count). The summed E-state index contributed by atoms with van der Waals surface area (Å²) in [6.45, 7) is 4.76. The maximum Gasteiger partial charge on any atom is 0.162 e. The molecule has 51 heavy (non-hydrogen) atoms. The molecule has 3 heterocycles. The molecule has 0 saturated carbocycles. The molecule has 0 spiro atoms. The van der Waals surface area contributed by atoms with Crippen LogP contribution in [0.1, 0.15) is 25.0 Å².